The predicted molar refractivity (Wildman–Crippen MR) is 133 cm³/mol. The number of hydrogen-bond acceptors (Lipinski definition) is 9. The van der Waals surface area contributed by atoms with Crippen LogP contribution in [-0.4, -0.2) is 35.8 Å². The summed E-state index contributed by atoms with van der Waals surface area (Å²) in [4.78, 5) is 5.40. The van der Waals surface area contributed by atoms with E-state index < -0.39 is 12.3 Å². The number of rotatable bonds is 9. The van der Waals surface area contributed by atoms with Crippen molar-refractivity contribution >= 4 is 16.5 Å². The van der Waals surface area contributed by atoms with Gasteiger partial charge < -0.3 is 34.7 Å². The number of aromatic nitrogens is 1. The van der Waals surface area contributed by atoms with Gasteiger partial charge in [0.15, 0.2) is 28.1 Å². The first-order valence-corrected chi connectivity index (χ1v) is 13.0. The fraction of sp³-hybridized carbons (Fsp3) is 0.423. The van der Waals surface area contributed by atoms with E-state index in [-0.39, 0.29) is 42.4 Å². The normalized spacial score (nSPS) is 19.6. The highest BCUT2D eigenvalue weighted by Gasteiger charge is 2.47. The lowest BCUT2D eigenvalue weighted by Crippen LogP contribution is -2.40. The molecule has 0 bridgehead atoms. The Bertz CT molecular complexity index is 1310. The van der Waals surface area contributed by atoms with Gasteiger partial charge in [0.25, 0.3) is 0 Å². The highest BCUT2D eigenvalue weighted by molar-refractivity contribution is 7.15. The zero-order chi connectivity index (χ0) is 25.8. The number of anilines is 1. The Morgan fingerprint density at radius 2 is 1.89 bits per heavy atom. The molecular weight excluding hydrogens is 504 g/mol. The third-order valence-corrected chi connectivity index (χ3v) is 7.96. The molecule has 11 heteroatoms. The summed E-state index contributed by atoms with van der Waals surface area (Å²) in [5, 5.41) is 17.7. The molecule has 0 spiro atoms. The van der Waals surface area contributed by atoms with Crippen molar-refractivity contribution in [3.05, 3.63) is 58.6 Å². The first-order chi connectivity index (χ1) is 17.8. The first-order valence-electron chi connectivity index (χ1n) is 12.2. The van der Waals surface area contributed by atoms with Crippen LogP contribution < -0.4 is 29.6 Å². The molecule has 1 aliphatic carbocycles. The van der Waals surface area contributed by atoms with Crippen molar-refractivity contribution in [1.29, 1.82) is 0 Å². The summed E-state index contributed by atoms with van der Waals surface area (Å²) in [6.45, 7) is 4.07. The van der Waals surface area contributed by atoms with E-state index in [0.29, 0.717) is 10.7 Å². The Kier molecular flexibility index (Phi) is 5.89. The van der Waals surface area contributed by atoms with Crippen molar-refractivity contribution in [2.24, 2.45) is 5.92 Å². The second-order valence-electron chi connectivity index (χ2n) is 9.82. The molecule has 37 heavy (non-hydrogen) atoms. The van der Waals surface area contributed by atoms with Crippen LogP contribution in [0.5, 0.6) is 23.0 Å². The summed E-state index contributed by atoms with van der Waals surface area (Å²) < 4.78 is 48.4. The number of halogens is 2. The monoisotopic (exact) mass is 531 g/mol. The van der Waals surface area contributed by atoms with E-state index in [4.69, 9.17) is 14.2 Å². The number of benzene rings is 2. The molecule has 1 unspecified atom stereocenters. The SMILES string of the molecule is CC(C)[C@H](CO)NC(c1cnc(NC2(c3ccc4c(c3)OCO4)CC2)s1)c1cccc2c1OC(F)(F)O2. The minimum Gasteiger partial charge on any atom is -0.454 e. The van der Waals surface area contributed by atoms with Crippen LogP contribution in [-0.2, 0) is 5.54 Å². The molecular formula is C26H27F2N3O5S. The second-order valence-corrected chi connectivity index (χ2v) is 10.9. The van der Waals surface area contributed by atoms with E-state index >= 15 is 0 Å². The molecule has 196 valence electrons. The molecule has 8 nitrogen and oxygen atoms in total. The maximum atomic E-state index is 13.9. The number of alkyl halides is 2. The molecule has 3 aromatic rings. The number of nitrogens with zero attached hydrogens (tertiary/aromatic N) is 1. The summed E-state index contributed by atoms with van der Waals surface area (Å²) in [7, 11) is 0. The van der Waals surface area contributed by atoms with Crippen LogP contribution in [0, 0.1) is 5.92 Å². The van der Waals surface area contributed by atoms with Crippen molar-refractivity contribution in [2.45, 2.75) is 50.6 Å². The van der Waals surface area contributed by atoms with Gasteiger partial charge in [-0.3, -0.25) is 0 Å². The number of ether oxygens (including phenoxy) is 4. The molecule has 1 fully saturated rings. The number of fused-ring (bicyclic) bond motifs is 2. The van der Waals surface area contributed by atoms with Crippen LogP contribution >= 0.6 is 11.3 Å². The van der Waals surface area contributed by atoms with Gasteiger partial charge in [0.2, 0.25) is 6.79 Å². The van der Waals surface area contributed by atoms with Crippen molar-refractivity contribution in [3.8, 4) is 23.0 Å². The molecule has 2 aliphatic heterocycles. The van der Waals surface area contributed by atoms with E-state index in [2.05, 4.69) is 20.4 Å². The van der Waals surface area contributed by atoms with E-state index in [1.54, 1.807) is 18.3 Å². The standard InChI is InChI=1S/C26H27F2N3O5S/c1-14(2)17(12-32)30-22(16-4-3-5-19-23(16)36-26(27,28)35-19)21-11-29-24(37-21)31-25(8-9-25)15-6-7-18-20(10-15)34-13-33-18/h3-7,10-11,14,17,22,30,32H,8-9,12-13H2,1-2H3,(H,29,31)/t17-,22?/m0/s1. The van der Waals surface area contributed by atoms with Gasteiger partial charge in [-0.1, -0.05) is 32.0 Å². The van der Waals surface area contributed by atoms with Gasteiger partial charge in [-0.15, -0.1) is 20.1 Å². The fourth-order valence-electron chi connectivity index (χ4n) is 4.70. The topological polar surface area (TPSA) is 94.1 Å². The molecule has 3 aliphatic rings. The molecule has 3 N–H and O–H groups in total. The molecule has 1 saturated carbocycles. The van der Waals surface area contributed by atoms with Crippen molar-refractivity contribution < 1.29 is 32.8 Å². The number of aliphatic hydroxyl groups is 1. The maximum Gasteiger partial charge on any atom is 0.586 e. The number of nitrogens with one attached hydrogen (secondary N) is 2. The van der Waals surface area contributed by atoms with Gasteiger partial charge in [0.05, 0.1) is 18.2 Å². The zero-order valence-corrected chi connectivity index (χ0v) is 21.1. The quantitative estimate of drug-likeness (QED) is 0.356. The van der Waals surface area contributed by atoms with Crippen molar-refractivity contribution in [2.75, 3.05) is 18.7 Å². The Morgan fingerprint density at radius 3 is 2.65 bits per heavy atom. The minimum atomic E-state index is -3.74. The van der Waals surface area contributed by atoms with E-state index in [9.17, 15) is 13.9 Å². The second kappa shape index (κ2) is 9.00. The average Bonchev–Trinajstić information content (AvgIpc) is 3.18. The van der Waals surface area contributed by atoms with Crippen LogP contribution in [0.25, 0.3) is 0 Å². The molecule has 3 heterocycles. The highest BCUT2D eigenvalue weighted by atomic mass is 32.1. The van der Waals surface area contributed by atoms with Crippen molar-refractivity contribution in [1.82, 2.24) is 10.3 Å². The Labute approximate surface area is 216 Å². The van der Waals surface area contributed by atoms with E-state index in [1.165, 1.54) is 17.4 Å². The van der Waals surface area contributed by atoms with Gasteiger partial charge in [0.1, 0.15) is 0 Å². The Hall–Kier alpha value is -3.15. The van der Waals surface area contributed by atoms with Gasteiger partial charge >= 0.3 is 6.29 Å². The highest BCUT2D eigenvalue weighted by Crippen LogP contribution is 2.52. The molecule has 2 atom stereocenters. The third-order valence-electron chi connectivity index (χ3n) is 6.98. The summed E-state index contributed by atoms with van der Waals surface area (Å²) in [5.41, 5.74) is 1.33. The zero-order valence-electron chi connectivity index (χ0n) is 20.3. The summed E-state index contributed by atoms with van der Waals surface area (Å²) in [5.74, 6) is 1.51. The minimum absolute atomic E-state index is 0.0209. The lowest BCUT2D eigenvalue weighted by atomic mass is 9.99. The van der Waals surface area contributed by atoms with Gasteiger partial charge in [-0.05, 0) is 42.5 Å². The molecule has 0 radical (unpaired) electrons. The van der Waals surface area contributed by atoms with Crippen molar-refractivity contribution in [3.63, 3.8) is 0 Å². The molecule has 1 aromatic heterocycles. The van der Waals surface area contributed by atoms with Crippen LogP contribution in [0.15, 0.2) is 42.6 Å². The number of hydrogen-bond donors (Lipinski definition) is 3. The van der Waals surface area contributed by atoms with E-state index in [1.807, 2.05) is 32.0 Å². The number of thiazole rings is 1. The third kappa shape index (κ3) is 4.55. The lowest BCUT2D eigenvalue weighted by Gasteiger charge is -2.27. The van der Waals surface area contributed by atoms with Gasteiger partial charge in [-0.2, -0.15) is 0 Å². The summed E-state index contributed by atoms with van der Waals surface area (Å²) >= 11 is 1.43. The largest absolute Gasteiger partial charge is 0.586 e. The molecule has 2 aromatic carbocycles. The van der Waals surface area contributed by atoms with Gasteiger partial charge in [-0.25, -0.2) is 4.98 Å². The van der Waals surface area contributed by atoms with E-state index in [0.717, 1.165) is 34.8 Å². The first kappa shape index (κ1) is 24.2. The summed E-state index contributed by atoms with van der Waals surface area (Å²) in [6, 6.07) is 9.93. The Balaban J connectivity index is 1.31. The number of aliphatic hydroxyl groups excluding tert-OH is 1. The average molecular weight is 532 g/mol. The fourth-order valence-corrected chi connectivity index (χ4v) is 5.69. The molecule has 0 amide bonds. The maximum absolute atomic E-state index is 13.9. The van der Waals surface area contributed by atoms with Crippen LogP contribution in [0.4, 0.5) is 13.9 Å². The van der Waals surface area contributed by atoms with Gasteiger partial charge in [0, 0.05) is 22.7 Å². The number of para-hydroxylation sites is 1. The Morgan fingerprint density at radius 1 is 1.08 bits per heavy atom. The molecule has 0 saturated heterocycles. The molecule has 6 rings (SSSR count). The lowest BCUT2D eigenvalue weighted by molar-refractivity contribution is -0.287. The van der Waals surface area contributed by atoms with Crippen LogP contribution in [0.2, 0.25) is 0 Å². The summed E-state index contributed by atoms with van der Waals surface area (Å²) in [6.07, 6.45) is -0.130. The smallest absolute Gasteiger partial charge is 0.454 e. The van der Waals surface area contributed by atoms with Crippen LogP contribution in [0.1, 0.15) is 48.7 Å². The van der Waals surface area contributed by atoms with Crippen LogP contribution in [0.3, 0.4) is 0 Å². The predicted octanol–water partition coefficient (Wildman–Crippen LogP) is 4.99.